The number of hydrogen-bond acceptors (Lipinski definition) is 5. The number of halogens is 1. The van der Waals surface area contributed by atoms with Crippen molar-refractivity contribution in [3.05, 3.63) is 56.2 Å². The van der Waals surface area contributed by atoms with Gasteiger partial charge < -0.3 is 10.3 Å². The van der Waals surface area contributed by atoms with Crippen LogP contribution in [0.15, 0.2) is 23.0 Å². The number of nitrogens with one attached hydrogen (secondary N) is 2. The number of anilines is 1. The van der Waals surface area contributed by atoms with Crippen LogP contribution in [0.2, 0.25) is 0 Å². The van der Waals surface area contributed by atoms with Crippen LogP contribution in [-0.4, -0.2) is 21.6 Å². The fourth-order valence-corrected chi connectivity index (χ4v) is 5.68. The number of aromatic nitrogens is 2. The van der Waals surface area contributed by atoms with Crippen molar-refractivity contribution in [2.24, 2.45) is 0 Å². The number of thiophene rings is 1. The molecule has 1 aliphatic rings. The Morgan fingerprint density at radius 3 is 3.00 bits per heavy atom. The number of carbonyl (C=O) groups excluding carboxylic acids is 1. The van der Waals surface area contributed by atoms with Crippen LogP contribution in [-0.2, 0) is 23.4 Å². The SMILES string of the molecule is Cc1cc(F)ccc1NC(=O)CCSCc1nc2sc3c(c2c(=O)[nH]1)CCCC3. The summed E-state index contributed by atoms with van der Waals surface area (Å²) in [5, 5.41) is 3.58. The molecule has 29 heavy (non-hydrogen) atoms. The normalized spacial score (nSPS) is 13.4. The Morgan fingerprint density at radius 1 is 1.34 bits per heavy atom. The molecule has 1 aromatic carbocycles. The van der Waals surface area contributed by atoms with E-state index >= 15 is 0 Å². The van der Waals surface area contributed by atoms with E-state index in [0.717, 1.165) is 29.5 Å². The monoisotopic (exact) mass is 431 g/mol. The number of thioether (sulfide) groups is 1. The molecule has 8 heteroatoms. The number of benzene rings is 1. The zero-order valence-corrected chi connectivity index (χ0v) is 17.8. The second kappa shape index (κ2) is 8.67. The Labute approximate surface area is 176 Å². The van der Waals surface area contributed by atoms with Crippen molar-refractivity contribution >= 4 is 44.9 Å². The average Bonchev–Trinajstić information content (AvgIpc) is 3.06. The number of nitrogens with zero attached hydrogens (tertiary/aromatic N) is 1. The third kappa shape index (κ3) is 4.53. The van der Waals surface area contributed by atoms with Crippen molar-refractivity contribution in [2.45, 2.75) is 44.8 Å². The maximum Gasteiger partial charge on any atom is 0.259 e. The summed E-state index contributed by atoms with van der Waals surface area (Å²) in [6, 6.07) is 4.29. The summed E-state index contributed by atoms with van der Waals surface area (Å²) < 4.78 is 13.1. The molecule has 2 aromatic heterocycles. The summed E-state index contributed by atoms with van der Waals surface area (Å²) in [6.45, 7) is 1.76. The van der Waals surface area contributed by atoms with Crippen LogP contribution in [0.25, 0.3) is 10.2 Å². The number of rotatable bonds is 6. The summed E-state index contributed by atoms with van der Waals surface area (Å²) >= 11 is 3.20. The summed E-state index contributed by atoms with van der Waals surface area (Å²) in [5.74, 6) is 1.38. The molecule has 4 rings (SSSR count). The van der Waals surface area contributed by atoms with Crippen LogP contribution in [0.5, 0.6) is 0 Å². The molecule has 0 atom stereocenters. The quantitative estimate of drug-likeness (QED) is 0.561. The van der Waals surface area contributed by atoms with Gasteiger partial charge in [-0.25, -0.2) is 9.37 Å². The molecule has 0 saturated carbocycles. The predicted octanol–water partition coefficient (Wildman–Crippen LogP) is 4.57. The highest BCUT2D eigenvalue weighted by Crippen LogP contribution is 2.33. The van der Waals surface area contributed by atoms with Crippen LogP contribution < -0.4 is 10.9 Å². The first-order valence-corrected chi connectivity index (χ1v) is 11.7. The molecule has 152 valence electrons. The molecule has 0 fully saturated rings. The van der Waals surface area contributed by atoms with Crippen LogP contribution in [0, 0.1) is 12.7 Å². The number of amides is 1. The summed E-state index contributed by atoms with van der Waals surface area (Å²) in [6.07, 6.45) is 4.66. The van der Waals surface area contributed by atoms with Gasteiger partial charge in [0.25, 0.3) is 5.56 Å². The second-order valence-corrected chi connectivity index (χ2v) is 9.40. The zero-order valence-electron chi connectivity index (χ0n) is 16.1. The van der Waals surface area contributed by atoms with E-state index in [-0.39, 0.29) is 17.3 Å². The lowest BCUT2D eigenvalue weighted by Crippen LogP contribution is -2.14. The van der Waals surface area contributed by atoms with Crippen molar-refractivity contribution in [3.63, 3.8) is 0 Å². The molecule has 5 nitrogen and oxygen atoms in total. The van der Waals surface area contributed by atoms with Crippen LogP contribution in [0.1, 0.15) is 41.1 Å². The van der Waals surface area contributed by atoms with Gasteiger partial charge in [-0.1, -0.05) is 0 Å². The number of fused-ring (bicyclic) bond motifs is 3. The van der Waals surface area contributed by atoms with E-state index in [1.807, 2.05) is 0 Å². The highest BCUT2D eigenvalue weighted by molar-refractivity contribution is 7.98. The molecule has 2 heterocycles. The first-order chi connectivity index (χ1) is 14.0. The zero-order chi connectivity index (χ0) is 20.4. The summed E-state index contributed by atoms with van der Waals surface area (Å²) in [7, 11) is 0. The van der Waals surface area contributed by atoms with Crippen LogP contribution >= 0.6 is 23.1 Å². The van der Waals surface area contributed by atoms with Gasteiger partial charge >= 0.3 is 0 Å². The molecule has 0 radical (unpaired) electrons. The molecule has 0 unspecified atom stereocenters. The Hall–Kier alpha value is -2.19. The molecule has 0 spiro atoms. The minimum absolute atomic E-state index is 0.0467. The molecule has 1 aliphatic carbocycles. The molecular weight excluding hydrogens is 409 g/mol. The molecule has 3 aromatic rings. The molecule has 0 saturated heterocycles. The predicted molar refractivity (Wildman–Crippen MR) is 117 cm³/mol. The smallest absolute Gasteiger partial charge is 0.259 e. The van der Waals surface area contributed by atoms with Gasteiger partial charge in [0.15, 0.2) is 0 Å². The van der Waals surface area contributed by atoms with E-state index in [0.29, 0.717) is 35.0 Å². The highest BCUT2D eigenvalue weighted by Gasteiger charge is 2.19. The van der Waals surface area contributed by atoms with E-state index in [4.69, 9.17) is 0 Å². The summed E-state index contributed by atoms with van der Waals surface area (Å²) in [4.78, 5) is 34.4. The maximum atomic E-state index is 13.1. The largest absolute Gasteiger partial charge is 0.326 e. The van der Waals surface area contributed by atoms with Crippen LogP contribution in [0.4, 0.5) is 10.1 Å². The molecule has 0 aliphatic heterocycles. The number of H-pyrrole nitrogens is 1. The fourth-order valence-electron chi connectivity index (χ4n) is 3.59. The standard InChI is InChI=1S/C21H22FN3O2S2/c1-12-10-13(22)6-7-15(12)23-18(26)8-9-28-11-17-24-20(27)19-14-4-2-3-5-16(14)29-21(19)25-17/h6-7,10H,2-5,8-9,11H2,1H3,(H,23,26)(H,24,25,27). The Morgan fingerprint density at radius 2 is 2.17 bits per heavy atom. The number of aryl methyl sites for hydroxylation is 3. The van der Waals surface area contributed by atoms with Crippen LogP contribution in [0.3, 0.4) is 0 Å². The lowest BCUT2D eigenvalue weighted by molar-refractivity contribution is -0.115. The highest BCUT2D eigenvalue weighted by atomic mass is 32.2. The topological polar surface area (TPSA) is 74.8 Å². The van der Waals surface area contributed by atoms with E-state index < -0.39 is 0 Å². The van der Waals surface area contributed by atoms with Crippen molar-refractivity contribution in [3.8, 4) is 0 Å². The van der Waals surface area contributed by atoms with Crippen molar-refractivity contribution in [2.75, 3.05) is 11.1 Å². The third-order valence-electron chi connectivity index (χ3n) is 5.05. The lowest BCUT2D eigenvalue weighted by Gasteiger charge is -2.09. The molecular formula is C21H22FN3O2S2. The minimum atomic E-state index is -0.318. The number of aromatic amines is 1. The maximum absolute atomic E-state index is 13.1. The van der Waals surface area contributed by atoms with E-state index in [2.05, 4.69) is 15.3 Å². The first kappa shape index (κ1) is 20.1. The van der Waals surface area contributed by atoms with Crippen molar-refractivity contribution in [1.82, 2.24) is 9.97 Å². The number of carbonyl (C=O) groups is 1. The fraction of sp³-hybridized carbons (Fsp3) is 0.381. The van der Waals surface area contributed by atoms with Gasteiger partial charge in [0.2, 0.25) is 5.91 Å². The van der Waals surface area contributed by atoms with Gasteiger partial charge in [0.05, 0.1) is 11.1 Å². The molecule has 1 amide bonds. The third-order valence-corrected chi connectivity index (χ3v) is 7.20. The van der Waals surface area contributed by atoms with Crippen molar-refractivity contribution < 1.29 is 9.18 Å². The van der Waals surface area contributed by atoms with E-state index in [1.54, 1.807) is 36.1 Å². The first-order valence-electron chi connectivity index (χ1n) is 9.68. The number of hydrogen-bond donors (Lipinski definition) is 2. The van der Waals surface area contributed by atoms with Gasteiger partial charge in [-0.3, -0.25) is 9.59 Å². The van der Waals surface area contributed by atoms with Gasteiger partial charge in [-0.2, -0.15) is 11.8 Å². The summed E-state index contributed by atoms with van der Waals surface area (Å²) in [5.41, 5.74) is 2.46. The van der Waals surface area contributed by atoms with Gasteiger partial charge in [-0.05, 0) is 61.9 Å². The average molecular weight is 432 g/mol. The Bertz CT molecular complexity index is 1120. The second-order valence-electron chi connectivity index (χ2n) is 7.21. The molecule has 0 bridgehead atoms. The molecule has 2 N–H and O–H groups in total. The van der Waals surface area contributed by atoms with Gasteiger partial charge in [-0.15, -0.1) is 11.3 Å². The van der Waals surface area contributed by atoms with E-state index in [9.17, 15) is 14.0 Å². The van der Waals surface area contributed by atoms with Gasteiger partial charge in [0, 0.05) is 22.7 Å². The lowest BCUT2D eigenvalue weighted by atomic mass is 9.97. The Balaban J connectivity index is 1.33. The van der Waals surface area contributed by atoms with Gasteiger partial charge in [0.1, 0.15) is 16.5 Å². The van der Waals surface area contributed by atoms with Crippen molar-refractivity contribution in [1.29, 1.82) is 0 Å². The minimum Gasteiger partial charge on any atom is -0.326 e. The Kier molecular flexibility index (Phi) is 6.01. The van der Waals surface area contributed by atoms with E-state index in [1.165, 1.54) is 29.0 Å².